The van der Waals surface area contributed by atoms with Gasteiger partial charge in [-0.1, -0.05) is 12.1 Å². The third kappa shape index (κ3) is 2.35. The molecule has 0 heterocycles. The van der Waals surface area contributed by atoms with Crippen LogP contribution in [0, 0.1) is 5.82 Å². The van der Waals surface area contributed by atoms with Crippen molar-refractivity contribution in [3.05, 3.63) is 30.1 Å². The molecular formula is C9H11FO2S. The Morgan fingerprint density at radius 1 is 1.54 bits per heavy atom. The van der Waals surface area contributed by atoms with Crippen molar-refractivity contribution in [1.29, 1.82) is 0 Å². The topological polar surface area (TPSA) is 37.3 Å². The minimum Gasteiger partial charge on any atom is -0.395 e. The number of halogens is 1. The van der Waals surface area contributed by atoms with Gasteiger partial charge in [-0.05, 0) is 19.1 Å². The zero-order valence-corrected chi connectivity index (χ0v) is 8.05. The van der Waals surface area contributed by atoms with E-state index in [-0.39, 0.29) is 11.5 Å². The Balaban J connectivity index is 2.95. The summed E-state index contributed by atoms with van der Waals surface area (Å²) in [6.07, 6.45) is 0. The molecule has 0 saturated carbocycles. The molecule has 1 aromatic rings. The molecule has 0 radical (unpaired) electrons. The summed E-state index contributed by atoms with van der Waals surface area (Å²) in [5.74, 6) is -0.485. The van der Waals surface area contributed by atoms with Gasteiger partial charge in [0.05, 0.1) is 27.6 Å². The van der Waals surface area contributed by atoms with Gasteiger partial charge >= 0.3 is 0 Å². The molecular weight excluding hydrogens is 191 g/mol. The molecule has 4 heteroatoms. The van der Waals surface area contributed by atoms with Crippen molar-refractivity contribution in [2.45, 2.75) is 17.1 Å². The lowest BCUT2D eigenvalue weighted by Crippen LogP contribution is -2.16. The van der Waals surface area contributed by atoms with Gasteiger partial charge in [0.25, 0.3) is 0 Å². The quantitative estimate of drug-likeness (QED) is 0.802. The summed E-state index contributed by atoms with van der Waals surface area (Å²) in [4.78, 5) is 0.157. The predicted molar refractivity (Wildman–Crippen MR) is 49.4 cm³/mol. The number of aliphatic hydroxyl groups is 1. The first-order valence-electron chi connectivity index (χ1n) is 3.92. The van der Waals surface area contributed by atoms with Crippen LogP contribution in [0.3, 0.4) is 0 Å². The van der Waals surface area contributed by atoms with Crippen molar-refractivity contribution in [3.63, 3.8) is 0 Å². The highest BCUT2D eigenvalue weighted by Gasteiger charge is 2.15. The number of hydrogen-bond acceptors (Lipinski definition) is 2. The van der Waals surface area contributed by atoms with Crippen molar-refractivity contribution in [3.8, 4) is 0 Å². The molecule has 0 aliphatic carbocycles. The van der Waals surface area contributed by atoms with Crippen LogP contribution in [0.1, 0.15) is 6.92 Å². The third-order valence-corrected chi connectivity index (χ3v) is 3.32. The van der Waals surface area contributed by atoms with Gasteiger partial charge in [0, 0.05) is 0 Å². The van der Waals surface area contributed by atoms with Crippen molar-refractivity contribution in [2.75, 3.05) is 6.61 Å². The van der Waals surface area contributed by atoms with Gasteiger partial charge in [-0.25, -0.2) is 4.39 Å². The second-order valence-corrected chi connectivity index (χ2v) is 4.56. The Labute approximate surface area is 78.9 Å². The fraction of sp³-hybridized carbons (Fsp3) is 0.333. The first kappa shape index (κ1) is 10.3. The van der Waals surface area contributed by atoms with Crippen LogP contribution in [0.25, 0.3) is 0 Å². The second kappa shape index (κ2) is 4.48. The number of aliphatic hydroxyl groups excluding tert-OH is 1. The average Bonchev–Trinajstić information content (AvgIpc) is 2.16. The van der Waals surface area contributed by atoms with Gasteiger partial charge in [-0.3, -0.25) is 4.21 Å². The lowest BCUT2D eigenvalue weighted by atomic mass is 10.3. The maximum absolute atomic E-state index is 13.1. The summed E-state index contributed by atoms with van der Waals surface area (Å²) in [7, 11) is -1.46. The Kier molecular flexibility index (Phi) is 3.57. The smallest absolute Gasteiger partial charge is 0.139 e. The number of rotatable bonds is 3. The number of benzene rings is 1. The first-order chi connectivity index (χ1) is 6.16. The SMILES string of the molecule is CC(CO)S(=O)c1ccccc1F. The van der Waals surface area contributed by atoms with Crippen molar-refractivity contribution in [2.24, 2.45) is 0 Å². The van der Waals surface area contributed by atoms with Crippen LogP contribution in [-0.2, 0) is 10.8 Å². The molecule has 0 saturated heterocycles. The number of hydrogen-bond donors (Lipinski definition) is 1. The predicted octanol–water partition coefficient (Wildman–Crippen LogP) is 1.31. The normalized spacial score (nSPS) is 15.3. The van der Waals surface area contributed by atoms with Crippen LogP contribution in [0.4, 0.5) is 4.39 Å². The van der Waals surface area contributed by atoms with E-state index in [2.05, 4.69) is 0 Å². The first-order valence-corrected chi connectivity index (χ1v) is 5.14. The molecule has 0 spiro atoms. The minimum atomic E-state index is -1.46. The van der Waals surface area contributed by atoms with Gasteiger partial charge in [-0.15, -0.1) is 0 Å². The van der Waals surface area contributed by atoms with E-state index in [9.17, 15) is 8.60 Å². The molecule has 1 N–H and O–H groups in total. The van der Waals surface area contributed by atoms with E-state index >= 15 is 0 Å². The fourth-order valence-electron chi connectivity index (χ4n) is 0.892. The van der Waals surface area contributed by atoms with Gasteiger partial charge in [0.2, 0.25) is 0 Å². The summed E-state index contributed by atoms with van der Waals surface area (Å²) in [6, 6.07) is 5.90. The van der Waals surface area contributed by atoms with Crippen LogP contribution in [0.15, 0.2) is 29.2 Å². The molecule has 0 aliphatic heterocycles. The van der Waals surface area contributed by atoms with E-state index in [1.165, 1.54) is 12.1 Å². The van der Waals surface area contributed by atoms with E-state index in [1.807, 2.05) is 0 Å². The zero-order chi connectivity index (χ0) is 9.84. The highest BCUT2D eigenvalue weighted by molar-refractivity contribution is 7.85. The van der Waals surface area contributed by atoms with E-state index in [4.69, 9.17) is 5.11 Å². The average molecular weight is 202 g/mol. The molecule has 0 bridgehead atoms. The summed E-state index contributed by atoms with van der Waals surface area (Å²) in [5, 5.41) is 8.31. The molecule has 13 heavy (non-hydrogen) atoms. The Morgan fingerprint density at radius 2 is 2.15 bits per heavy atom. The molecule has 1 rings (SSSR count). The molecule has 72 valence electrons. The highest BCUT2D eigenvalue weighted by Crippen LogP contribution is 2.14. The summed E-state index contributed by atoms with van der Waals surface area (Å²) in [6.45, 7) is 1.41. The lowest BCUT2D eigenvalue weighted by Gasteiger charge is -2.08. The molecule has 2 atom stereocenters. The summed E-state index contributed by atoms with van der Waals surface area (Å²) < 4.78 is 24.6. The fourth-order valence-corrected chi connectivity index (χ4v) is 1.93. The maximum atomic E-state index is 13.1. The van der Waals surface area contributed by atoms with Gasteiger partial charge in [0.1, 0.15) is 5.82 Å². The van der Waals surface area contributed by atoms with Crippen molar-refractivity contribution in [1.82, 2.24) is 0 Å². The van der Waals surface area contributed by atoms with Gasteiger partial charge in [-0.2, -0.15) is 0 Å². The molecule has 0 amide bonds. The standard InChI is InChI=1S/C9H11FO2S/c1-7(6-11)13(12)9-5-3-2-4-8(9)10/h2-5,7,11H,6H2,1H3. The molecule has 0 fully saturated rings. The molecule has 1 aromatic carbocycles. The molecule has 0 aliphatic rings. The third-order valence-electron chi connectivity index (χ3n) is 1.68. The van der Waals surface area contributed by atoms with E-state index < -0.39 is 21.9 Å². The van der Waals surface area contributed by atoms with E-state index in [0.29, 0.717) is 0 Å². The molecule has 0 aromatic heterocycles. The van der Waals surface area contributed by atoms with E-state index in [0.717, 1.165) is 0 Å². The zero-order valence-electron chi connectivity index (χ0n) is 7.24. The monoisotopic (exact) mass is 202 g/mol. The minimum absolute atomic E-state index is 0.157. The van der Waals surface area contributed by atoms with Crippen LogP contribution >= 0.6 is 0 Å². The highest BCUT2D eigenvalue weighted by atomic mass is 32.2. The van der Waals surface area contributed by atoms with Crippen LogP contribution in [-0.4, -0.2) is 21.2 Å². The second-order valence-electron chi connectivity index (χ2n) is 2.72. The maximum Gasteiger partial charge on any atom is 0.139 e. The van der Waals surface area contributed by atoms with Crippen LogP contribution in [0.2, 0.25) is 0 Å². The van der Waals surface area contributed by atoms with E-state index in [1.54, 1.807) is 19.1 Å². The van der Waals surface area contributed by atoms with Crippen LogP contribution < -0.4 is 0 Å². The Morgan fingerprint density at radius 3 is 2.69 bits per heavy atom. The Bertz CT molecular complexity index is 314. The lowest BCUT2D eigenvalue weighted by molar-refractivity contribution is 0.298. The van der Waals surface area contributed by atoms with Crippen LogP contribution in [0.5, 0.6) is 0 Å². The van der Waals surface area contributed by atoms with Crippen molar-refractivity contribution >= 4 is 10.8 Å². The van der Waals surface area contributed by atoms with Gasteiger partial charge < -0.3 is 5.11 Å². The van der Waals surface area contributed by atoms with Crippen molar-refractivity contribution < 1.29 is 13.7 Å². The molecule has 2 nitrogen and oxygen atoms in total. The summed E-state index contributed by atoms with van der Waals surface area (Å²) in [5.41, 5.74) is 0. The van der Waals surface area contributed by atoms with Gasteiger partial charge in [0.15, 0.2) is 0 Å². The largest absolute Gasteiger partial charge is 0.395 e. The molecule has 2 unspecified atom stereocenters. The Hall–Kier alpha value is -0.740. The summed E-state index contributed by atoms with van der Waals surface area (Å²) >= 11 is 0.